The highest BCUT2D eigenvalue weighted by atomic mass is 79.9. The van der Waals surface area contributed by atoms with Crippen LogP contribution in [-0.2, 0) is 4.79 Å². The summed E-state index contributed by atoms with van der Waals surface area (Å²) >= 11 is 3.50. The van der Waals surface area contributed by atoms with Gasteiger partial charge in [-0.25, -0.2) is 0 Å². The summed E-state index contributed by atoms with van der Waals surface area (Å²) in [6.45, 7) is 2.78. The molecule has 4 nitrogen and oxygen atoms in total. The lowest BCUT2D eigenvalue weighted by molar-refractivity contribution is -0.122. The maximum absolute atomic E-state index is 11.4. The van der Waals surface area contributed by atoms with E-state index in [9.17, 15) is 4.79 Å². The zero-order chi connectivity index (χ0) is 14.0. The number of anilines is 1. The molecule has 2 unspecified atom stereocenters. The summed E-state index contributed by atoms with van der Waals surface area (Å²) < 4.78 is 0.878. The molecule has 2 rings (SSSR count). The van der Waals surface area contributed by atoms with E-state index in [2.05, 4.69) is 33.8 Å². The Morgan fingerprint density at radius 2 is 2.26 bits per heavy atom. The first-order valence-electron chi connectivity index (χ1n) is 6.28. The Labute approximate surface area is 121 Å². The van der Waals surface area contributed by atoms with Crippen LogP contribution in [0.4, 0.5) is 5.69 Å². The number of nitrogens with two attached hydrogens (primary N) is 1. The van der Waals surface area contributed by atoms with Crippen molar-refractivity contribution in [3.63, 3.8) is 0 Å². The third kappa shape index (κ3) is 2.90. The summed E-state index contributed by atoms with van der Waals surface area (Å²) in [6, 6.07) is 7.99. The topological polar surface area (TPSA) is 70.1 Å². The van der Waals surface area contributed by atoms with Crippen LogP contribution in [0.1, 0.15) is 25.3 Å². The van der Waals surface area contributed by atoms with Crippen molar-refractivity contribution in [3.05, 3.63) is 28.2 Å². The summed E-state index contributed by atoms with van der Waals surface area (Å²) in [5.74, 6) is -0.333. The molecule has 100 valence electrons. The molecule has 1 fully saturated rings. The van der Waals surface area contributed by atoms with Gasteiger partial charge in [-0.2, -0.15) is 5.26 Å². The minimum Gasteiger partial charge on any atom is -0.369 e. The number of nitrogens with zero attached hydrogens (tertiary/aromatic N) is 2. The fraction of sp³-hybridized carbons (Fsp3) is 0.429. The molecule has 0 aliphatic carbocycles. The van der Waals surface area contributed by atoms with Crippen molar-refractivity contribution in [1.82, 2.24) is 0 Å². The summed E-state index contributed by atoms with van der Waals surface area (Å²) in [6.07, 6.45) is 1.79. The molecule has 1 aromatic rings. The van der Waals surface area contributed by atoms with E-state index in [0.29, 0.717) is 18.2 Å². The van der Waals surface area contributed by atoms with Gasteiger partial charge < -0.3 is 10.6 Å². The summed E-state index contributed by atoms with van der Waals surface area (Å²) in [5.41, 5.74) is 7.05. The lowest BCUT2D eigenvalue weighted by atomic mass is 9.92. The fourth-order valence-electron chi connectivity index (χ4n) is 2.48. The van der Waals surface area contributed by atoms with E-state index >= 15 is 0 Å². The van der Waals surface area contributed by atoms with E-state index in [1.165, 1.54) is 0 Å². The number of carbonyl (C=O) groups is 1. The first-order valence-corrected chi connectivity index (χ1v) is 7.08. The highest BCUT2D eigenvalue weighted by Gasteiger charge is 2.29. The summed E-state index contributed by atoms with van der Waals surface area (Å²) in [4.78, 5) is 13.5. The fourth-order valence-corrected chi connectivity index (χ4v) is 3.09. The van der Waals surface area contributed by atoms with Crippen LogP contribution < -0.4 is 10.6 Å². The Morgan fingerprint density at radius 3 is 2.84 bits per heavy atom. The van der Waals surface area contributed by atoms with Crippen molar-refractivity contribution >= 4 is 27.5 Å². The van der Waals surface area contributed by atoms with Crippen LogP contribution in [-0.4, -0.2) is 18.5 Å². The van der Waals surface area contributed by atoms with Crippen LogP contribution in [0.2, 0.25) is 0 Å². The molecule has 0 saturated carbocycles. The number of piperidine rings is 1. The van der Waals surface area contributed by atoms with E-state index in [-0.39, 0.29) is 11.8 Å². The second-order valence-corrected chi connectivity index (χ2v) is 5.81. The molecule has 1 aliphatic rings. The smallest absolute Gasteiger partial charge is 0.222 e. The second kappa shape index (κ2) is 5.62. The Kier molecular flexibility index (Phi) is 4.11. The van der Waals surface area contributed by atoms with Gasteiger partial charge in [0.15, 0.2) is 0 Å². The van der Waals surface area contributed by atoms with Gasteiger partial charge >= 0.3 is 0 Å². The number of primary amides is 1. The molecule has 1 heterocycles. The van der Waals surface area contributed by atoms with Crippen molar-refractivity contribution in [2.75, 3.05) is 11.4 Å². The third-order valence-corrected chi connectivity index (χ3v) is 4.31. The van der Waals surface area contributed by atoms with Crippen LogP contribution in [0, 0.1) is 17.2 Å². The summed E-state index contributed by atoms with van der Waals surface area (Å²) in [7, 11) is 0. The highest BCUT2D eigenvalue weighted by Crippen LogP contribution is 2.33. The van der Waals surface area contributed by atoms with Gasteiger partial charge in [0.25, 0.3) is 0 Å². The first-order chi connectivity index (χ1) is 9.02. The SMILES string of the molecule is CC1CCC(C(N)=O)CN1c1ccc(C#N)cc1Br. The largest absolute Gasteiger partial charge is 0.369 e. The highest BCUT2D eigenvalue weighted by molar-refractivity contribution is 9.10. The lowest BCUT2D eigenvalue weighted by Gasteiger charge is -2.39. The van der Waals surface area contributed by atoms with E-state index in [1.807, 2.05) is 6.07 Å². The van der Waals surface area contributed by atoms with Gasteiger partial charge in [-0.1, -0.05) is 0 Å². The average Bonchev–Trinajstić information content (AvgIpc) is 2.39. The number of nitriles is 1. The Hall–Kier alpha value is -1.54. The molecule has 1 aliphatic heterocycles. The first kappa shape index (κ1) is 13.9. The Bertz CT molecular complexity index is 538. The van der Waals surface area contributed by atoms with Crippen LogP contribution in [0.15, 0.2) is 22.7 Å². The van der Waals surface area contributed by atoms with Crippen molar-refractivity contribution in [2.45, 2.75) is 25.8 Å². The molecule has 0 bridgehead atoms. The quantitative estimate of drug-likeness (QED) is 0.909. The monoisotopic (exact) mass is 321 g/mol. The van der Waals surface area contributed by atoms with Crippen molar-refractivity contribution in [3.8, 4) is 6.07 Å². The van der Waals surface area contributed by atoms with E-state index in [0.717, 1.165) is 23.0 Å². The molecule has 19 heavy (non-hydrogen) atoms. The zero-order valence-electron chi connectivity index (χ0n) is 10.8. The minimum atomic E-state index is -0.235. The number of carbonyl (C=O) groups excluding carboxylic acids is 1. The third-order valence-electron chi connectivity index (χ3n) is 3.67. The maximum atomic E-state index is 11.4. The molecule has 2 atom stereocenters. The molecular weight excluding hydrogens is 306 g/mol. The van der Waals surface area contributed by atoms with E-state index in [1.54, 1.807) is 12.1 Å². The number of amides is 1. The number of hydrogen-bond acceptors (Lipinski definition) is 3. The van der Waals surface area contributed by atoms with Gasteiger partial charge in [-0.15, -0.1) is 0 Å². The molecule has 0 radical (unpaired) electrons. The van der Waals surface area contributed by atoms with Crippen LogP contribution in [0.25, 0.3) is 0 Å². The maximum Gasteiger partial charge on any atom is 0.222 e. The van der Waals surface area contributed by atoms with Gasteiger partial charge in [0.2, 0.25) is 5.91 Å². The van der Waals surface area contributed by atoms with Crippen LogP contribution in [0.3, 0.4) is 0 Å². The molecule has 0 aromatic heterocycles. The van der Waals surface area contributed by atoms with Gasteiger partial charge in [-0.05, 0) is 53.9 Å². The van der Waals surface area contributed by atoms with Gasteiger partial charge in [0, 0.05) is 17.1 Å². The molecular formula is C14H16BrN3O. The van der Waals surface area contributed by atoms with Gasteiger partial charge in [-0.3, -0.25) is 4.79 Å². The number of rotatable bonds is 2. The molecule has 2 N–H and O–H groups in total. The van der Waals surface area contributed by atoms with Crippen molar-refractivity contribution in [1.29, 1.82) is 5.26 Å². The van der Waals surface area contributed by atoms with E-state index in [4.69, 9.17) is 11.0 Å². The molecule has 5 heteroatoms. The van der Waals surface area contributed by atoms with Crippen molar-refractivity contribution in [2.24, 2.45) is 11.7 Å². The van der Waals surface area contributed by atoms with E-state index < -0.39 is 0 Å². The minimum absolute atomic E-state index is 0.0984. The average molecular weight is 322 g/mol. The number of hydrogen-bond donors (Lipinski definition) is 1. The van der Waals surface area contributed by atoms with Crippen LogP contribution >= 0.6 is 15.9 Å². The standard InChI is InChI=1S/C14H16BrN3O/c1-9-2-4-11(14(17)19)8-18(9)13-5-3-10(7-16)6-12(13)15/h3,5-6,9,11H,2,4,8H2,1H3,(H2,17,19). The Morgan fingerprint density at radius 1 is 1.53 bits per heavy atom. The zero-order valence-corrected chi connectivity index (χ0v) is 12.4. The number of halogens is 1. The van der Waals surface area contributed by atoms with Crippen molar-refractivity contribution < 1.29 is 4.79 Å². The van der Waals surface area contributed by atoms with Crippen LogP contribution in [0.5, 0.6) is 0 Å². The molecule has 0 spiro atoms. The predicted molar refractivity (Wildman–Crippen MR) is 77.6 cm³/mol. The molecule has 1 amide bonds. The van der Waals surface area contributed by atoms with Gasteiger partial charge in [0.1, 0.15) is 0 Å². The Balaban J connectivity index is 2.29. The lowest BCUT2D eigenvalue weighted by Crippen LogP contribution is -2.46. The summed E-state index contributed by atoms with van der Waals surface area (Å²) in [5, 5.41) is 8.88. The molecule has 1 saturated heterocycles. The molecule has 1 aromatic carbocycles. The second-order valence-electron chi connectivity index (χ2n) is 4.96. The van der Waals surface area contributed by atoms with Gasteiger partial charge in [0.05, 0.1) is 23.2 Å². The number of benzene rings is 1. The predicted octanol–water partition coefficient (Wildman–Crippen LogP) is 2.41. The normalized spacial score (nSPS) is 22.9.